The van der Waals surface area contributed by atoms with Crippen molar-refractivity contribution in [1.29, 1.82) is 0 Å². The van der Waals surface area contributed by atoms with Crippen molar-refractivity contribution in [3.8, 4) is 0 Å². The second-order valence-electron chi connectivity index (χ2n) is 0.577. The predicted octanol–water partition coefficient (Wildman–Crippen LogP) is -14.7. The molecule has 0 saturated heterocycles. The van der Waals surface area contributed by atoms with Crippen LogP contribution in [0.25, 0.3) is 0 Å². The van der Waals surface area contributed by atoms with Crippen LogP contribution in [-0.4, -0.2) is 94.2 Å². The molecular formula is H6CsGe6NbO12. The molecule has 20 heavy (non-hydrogen) atoms. The number of rotatable bonds is 0. The molecule has 0 heterocycles. The van der Waals surface area contributed by atoms with Gasteiger partial charge in [-0.05, 0) is 0 Å². The second-order valence-corrected chi connectivity index (χ2v) is 3.00. The Morgan fingerprint density at radius 3 is 0.400 bits per heavy atom. The average Bonchev–Trinajstić information content (AvgIpc) is 2.23. The molecule has 0 aromatic carbocycles. The first-order valence-corrected chi connectivity index (χ1v) is 14.7. The van der Waals surface area contributed by atoms with E-state index in [0.29, 0.717) is 0 Å². The molecule has 0 N–H and O–H groups in total. The molecule has 0 aliphatic carbocycles. The Balaban J connectivity index is -0.0000000141. The van der Waals surface area contributed by atoms with Crippen LogP contribution in [0.2, 0.25) is 0 Å². The molecule has 0 aliphatic heterocycles. The van der Waals surface area contributed by atoms with Crippen LogP contribution in [0.3, 0.4) is 0 Å². The number of hydrogen-bond donors (Lipinski definition) is 0. The Bertz CT molecular complexity index is 119. The van der Waals surface area contributed by atoms with Gasteiger partial charge in [0.05, 0.1) is 0 Å². The van der Waals surface area contributed by atoms with E-state index in [1.807, 2.05) is 0 Å². The van der Waals surface area contributed by atoms with E-state index in [-0.39, 0.29) is 91.3 Å². The Hall–Kier alpha value is 3.65. The van der Waals surface area contributed by atoms with Crippen molar-refractivity contribution < 1.29 is 139 Å². The standard InChI is InChI=1S/Cs.6GeHO2.Nb/c;6*2-1-3;/h;6*1H;/q+1;6*-1;+5. The molecule has 0 radical (unpaired) electrons. The molecule has 0 saturated carbocycles. The summed E-state index contributed by atoms with van der Waals surface area (Å²) in [7, 11) is 0. The monoisotopic (exact) mass is 867 g/mol. The first-order valence-electron chi connectivity index (χ1n) is 2.83. The molecule has 0 atom stereocenters. The summed E-state index contributed by atoms with van der Waals surface area (Å²) >= 11 is -13.1. The minimum absolute atomic E-state index is 0. The zero-order valence-electron chi connectivity index (χ0n) is 9.81. The van der Waals surface area contributed by atoms with Crippen molar-refractivity contribution >= 4 is 94.2 Å². The van der Waals surface area contributed by atoms with E-state index in [1.54, 1.807) is 0 Å². The normalized spacial score (nSPS) is 3.60. The van der Waals surface area contributed by atoms with Crippen LogP contribution >= 0.6 is 0 Å². The minimum atomic E-state index is -2.19. The van der Waals surface area contributed by atoms with Gasteiger partial charge in [0.15, 0.2) is 0 Å². The first kappa shape index (κ1) is 49.5. The third-order valence-corrected chi connectivity index (χ3v) is 0. The van der Waals surface area contributed by atoms with E-state index < -0.39 is 94.2 Å². The molecule has 0 bridgehead atoms. The topological polar surface area (TPSA) is 241 Å². The van der Waals surface area contributed by atoms with Crippen LogP contribution in [0, 0.1) is 0 Å². The van der Waals surface area contributed by atoms with Gasteiger partial charge in [0.25, 0.3) is 0 Å². The van der Waals surface area contributed by atoms with Crippen molar-refractivity contribution in [3.05, 3.63) is 0 Å². The van der Waals surface area contributed by atoms with Gasteiger partial charge in [0.1, 0.15) is 0 Å². The summed E-state index contributed by atoms with van der Waals surface area (Å²) in [6.07, 6.45) is 0. The zero-order chi connectivity index (χ0) is 16.2. The zero-order valence-corrected chi connectivity index (χ0v) is 32.8. The van der Waals surface area contributed by atoms with Gasteiger partial charge in [-0.2, -0.15) is 0 Å². The molecule has 0 amide bonds. The SMILES string of the molecule is [Cs+].[Nb+5].[O]=[GeH][O-].[O]=[GeH][O-].[O]=[GeH][O-].[O]=[GeH][O-].[O]=[GeH][O-].[O]=[GeH][O-]. The fourth-order valence-corrected chi connectivity index (χ4v) is 0. The summed E-state index contributed by atoms with van der Waals surface area (Å²) in [4.78, 5) is 0. The Morgan fingerprint density at radius 1 is 0.400 bits per heavy atom. The molecule has 20 heteroatoms. The Labute approximate surface area is 227 Å². The fourth-order valence-electron chi connectivity index (χ4n) is 0. The molecule has 108 valence electrons. The Morgan fingerprint density at radius 2 is 0.400 bits per heavy atom. The summed E-state index contributed by atoms with van der Waals surface area (Å²) in [5, 5.41) is 0. The molecule has 0 aromatic heterocycles. The predicted molar refractivity (Wildman–Crippen MR) is 47.0 cm³/mol. The maximum atomic E-state index is 8.53. The summed E-state index contributed by atoms with van der Waals surface area (Å²) < 4.78 is 102. The van der Waals surface area contributed by atoms with Gasteiger partial charge in [-0.3, -0.25) is 0 Å². The van der Waals surface area contributed by atoms with E-state index in [2.05, 4.69) is 0 Å². The third-order valence-electron chi connectivity index (χ3n) is 0. The van der Waals surface area contributed by atoms with Crippen molar-refractivity contribution in [2.24, 2.45) is 0 Å². The van der Waals surface area contributed by atoms with E-state index in [1.165, 1.54) is 0 Å². The summed E-state index contributed by atoms with van der Waals surface area (Å²) in [6, 6.07) is 0. The van der Waals surface area contributed by atoms with E-state index in [0.717, 1.165) is 0 Å². The van der Waals surface area contributed by atoms with Gasteiger partial charge in [-0.25, -0.2) is 0 Å². The molecule has 0 fully saturated rings. The van der Waals surface area contributed by atoms with Gasteiger partial charge in [0.2, 0.25) is 0 Å². The molecule has 12 nitrogen and oxygen atoms in total. The van der Waals surface area contributed by atoms with Gasteiger partial charge in [-0.1, -0.05) is 0 Å². The molecule has 0 unspecified atom stereocenters. The van der Waals surface area contributed by atoms with E-state index in [9.17, 15) is 0 Å². The van der Waals surface area contributed by atoms with Crippen molar-refractivity contribution in [3.63, 3.8) is 0 Å². The molecule has 0 aliphatic rings. The maximum absolute atomic E-state index is 8.53. The van der Waals surface area contributed by atoms with Crippen LogP contribution in [0.1, 0.15) is 0 Å². The van der Waals surface area contributed by atoms with Crippen LogP contribution in [0.5, 0.6) is 0 Å². The summed E-state index contributed by atoms with van der Waals surface area (Å²) in [5.41, 5.74) is 0. The fraction of sp³-hybridized carbons (Fsp3) is 0. The molecule has 0 spiro atoms. The van der Waals surface area contributed by atoms with Crippen molar-refractivity contribution in [2.75, 3.05) is 0 Å². The molecule has 0 rings (SSSR count). The van der Waals surface area contributed by atoms with Crippen molar-refractivity contribution in [2.45, 2.75) is 0 Å². The number of hydrogen-bond acceptors (Lipinski definition) is 12. The first-order chi connectivity index (χ1) is 8.49. The second kappa shape index (κ2) is 114. The van der Waals surface area contributed by atoms with Crippen molar-refractivity contribution in [1.82, 2.24) is 0 Å². The van der Waals surface area contributed by atoms with Crippen LogP contribution in [-0.2, 0) is 45.0 Å². The molecule has 0 aromatic rings. The summed E-state index contributed by atoms with van der Waals surface area (Å²) in [5.74, 6) is 0. The molecular weight excluding hydrogens is 853 g/mol. The average molecular weight is 860 g/mol. The van der Waals surface area contributed by atoms with Crippen LogP contribution in [0.4, 0.5) is 0 Å². The van der Waals surface area contributed by atoms with Gasteiger partial charge < -0.3 is 0 Å². The quantitative estimate of drug-likeness (QED) is 0.207. The van der Waals surface area contributed by atoms with Crippen LogP contribution < -0.4 is 93.7 Å². The van der Waals surface area contributed by atoms with E-state index in [4.69, 9.17) is 47.5 Å². The van der Waals surface area contributed by atoms with Gasteiger partial charge in [-0.15, -0.1) is 0 Å². The Kier molecular flexibility index (Phi) is 282. The van der Waals surface area contributed by atoms with Crippen LogP contribution in [0.15, 0.2) is 0 Å². The summed E-state index contributed by atoms with van der Waals surface area (Å²) in [6.45, 7) is 0. The van der Waals surface area contributed by atoms with Gasteiger partial charge in [0, 0.05) is 0 Å². The van der Waals surface area contributed by atoms with E-state index >= 15 is 0 Å². The third kappa shape index (κ3) is 693. The van der Waals surface area contributed by atoms with Gasteiger partial charge >= 0.3 is 233 Å².